The number of carboxylic acid groups (broad SMARTS) is 1. The van der Waals surface area contributed by atoms with Crippen molar-refractivity contribution < 1.29 is 14.7 Å². The number of anilines is 1. The van der Waals surface area contributed by atoms with E-state index in [2.05, 4.69) is 39.5 Å². The van der Waals surface area contributed by atoms with E-state index in [-0.39, 0.29) is 12.3 Å². The molecule has 1 amide bonds. The predicted molar refractivity (Wildman–Crippen MR) is 94.8 cm³/mol. The molecule has 2 aliphatic rings. The second-order valence-corrected chi connectivity index (χ2v) is 6.75. The number of amides is 1. The van der Waals surface area contributed by atoms with Crippen LogP contribution in [0.2, 0.25) is 0 Å². The molecule has 1 aromatic carbocycles. The van der Waals surface area contributed by atoms with Crippen LogP contribution in [0.25, 0.3) is 0 Å². The highest BCUT2D eigenvalue weighted by Gasteiger charge is 2.32. The van der Waals surface area contributed by atoms with E-state index in [9.17, 15) is 9.59 Å². The Labute approximate surface area is 143 Å². The summed E-state index contributed by atoms with van der Waals surface area (Å²) in [6.45, 7) is 4.19. The van der Waals surface area contributed by atoms with Gasteiger partial charge < -0.3 is 15.3 Å². The number of nitrogens with one attached hydrogen (secondary N) is 1. The van der Waals surface area contributed by atoms with Gasteiger partial charge in [0, 0.05) is 18.8 Å². The summed E-state index contributed by atoms with van der Waals surface area (Å²) in [6, 6.07) is 6.18. The number of hydrogen-bond acceptors (Lipinski definition) is 6. The van der Waals surface area contributed by atoms with Gasteiger partial charge in [-0.25, -0.2) is 0 Å². The van der Waals surface area contributed by atoms with Gasteiger partial charge in [-0.2, -0.15) is 5.10 Å². The van der Waals surface area contributed by atoms with Crippen molar-refractivity contribution in [3.63, 3.8) is 0 Å². The number of carboxylic acids is 1. The molecule has 0 aliphatic carbocycles. The van der Waals surface area contributed by atoms with Gasteiger partial charge in [0.1, 0.15) is 5.25 Å². The number of rotatable bonds is 5. The van der Waals surface area contributed by atoms with Crippen LogP contribution in [0.1, 0.15) is 24.5 Å². The minimum absolute atomic E-state index is 0.224. The summed E-state index contributed by atoms with van der Waals surface area (Å²) in [5.74, 6) is -1.35. The Morgan fingerprint density at radius 3 is 3.12 bits per heavy atom. The first-order chi connectivity index (χ1) is 11.6. The zero-order valence-electron chi connectivity index (χ0n) is 13.2. The first-order valence-corrected chi connectivity index (χ1v) is 8.63. The normalized spacial score (nSPS) is 21.5. The molecule has 0 saturated carbocycles. The standard InChI is InChI=1S/C16H18N4O3S/c1-2-20-6-5-11-7-10(3-4-12(11)20)9-17-19-16-18-15(23)13(24-16)8-14(21)22/h3-4,7,9,13H,2,5-6,8H2,1H3,(H,21,22)(H,18,19,23). The van der Waals surface area contributed by atoms with E-state index in [1.54, 1.807) is 6.21 Å². The summed E-state index contributed by atoms with van der Waals surface area (Å²) in [5, 5.41) is 19.0. The molecule has 0 bridgehead atoms. The van der Waals surface area contributed by atoms with Crippen LogP contribution in [0.3, 0.4) is 0 Å². The van der Waals surface area contributed by atoms with E-state index < -0.39 is 11.2 Å². The summed E-state index contributed by atoms with van der Waals surface area (Å²) >= 11 is 1.09. The van der Waals surface area contributed by atoms with Crippen LogP contribution >= 0.6 is 11.8 Å². The number of hydrogen-bond donors (Lipinski definition) is 2. The Balaban J connectivity index is 1.65. The van der Waals surface area contributed by atoms with E-state index in [1.807, 2.05) is 6.07 Å². The van der Waals surface area contributed by atoms with Crippen LogP contribution in [-0.2, 0) is 16.0 Å². The number of carbonyl (C=O) groups excluding carboxylic acids is 1. The van der Waals surface area contributed by atoms with Crippen LogP contribution in [0.5, 0.6) is 0 Å². The van der Waals surface area contributed by atoms with Crippen LogP contribution in [0, 0.1) is 0 Å². The molecule has 3 rings (SSSR count). The number of nitrogens with zero attached hydrogens (tertiary/aromatic N) is 3. The maximum Gasteiger partial charge on any atom is 0.305 e. The van der Waals surface area contributed by atoms with Crippen molar-refractivity contribution in [3.8, 4) is 0 Å². The minimum atomic E-state index is -1.01. The number of thioether (sulfide) groups is 1. The number of fused-ring (bicyclic) bond motifs is 1. The van der Waals surface area contributed by atoms with Crippen LogP contribution in [0.4, 0.5) is 5.69 Å². The van der Waals surface area contributed by atoms with Crippen molar-refractivity contribution in [2.24, 2.45) is 10.2 Å². The lowest BCUT2D eigenvalue weighted by Gasteiger charge is -2.16. The van der Waals surface area contributed by atoms with E-state index >= 15 is 0 Å². The lowest BCUT2D eigenvalue weighted by Crippen LogP contribution is -2.26. The third-order valence-electron chi connectivity index (χ3n) is 3.97. The lowest BCUT2D eigenvalue weighted by molar-refractivity contribution is -0.138. The zero-order chi connectivity index (χ0) is 17.1. The van der Waals surface area contributed by atoms with Crippen molar-refractivity contribution in [2.75, 3.05) is 18.0 Å². The molecule has 0 spiro atoms. The Hall–Kier alpha value is -2.35. The Morgan fingerprint density at radius 2 is 2.38 bits per heavy atom. The van der Waals surface area contributed by atoms with Crippen molar-refractivity contribution in [2.45, 2.75) is 25.0 Å². The number of benzene rings is 1. The molecule has 2 aliphatic heterocycles. The van der Waals surface area contributed by atoms with Gasteiger partial charge >= 0.3 is 5.97 Å². The third-order valence-corrected chi connectivity index (χ3v) is 5.04. The predicted octanol–water partition coefficient (Wildman–Crippen LogP) is 1.47. The third kappa shape index (κ3) is 3.59. The monoisotopic (exact) mass is 346 g/mol. The molecule has 1 atom stereocenters. The number of aliphatic carboxylic acids is 1. The molecule has 2 N–H and O–H groups in total. The molecular formula is C16H18N4O3S. The van der Waals surface area contributed by atoms with E-state index in [4.69, 9.17) is 5.11 Å². The molecule has 2 heterocycles. The first-order valence-electron chi connectivity index (χ1n) is 7.75. The van der Waals surface area contributed by atoms with Crippen molar-refractivity contribution >= 4 is 40.7 Å². The average Bonchev–Trinajstić information content (AvgIpc) is 3.10. The zero-order valence-corrected chi connectivity index (χ0v) is 14.0. The van der Waals surface area contributed by atoms with Gasteiger partial charge in [0.15, 0.2) is 5.17 Å². The Kier molecular flexibility index (Phi) is 4.84. The Bertz CT molecular complexity index is 732. The fourth-order valence-electron chi connectivity index (χ4n) is 2.79. The maximum atomic E-state index is 11.6. The van der Waals surface area contributed by atoms with Gasteiger partial charge in [0.25, 0.3) is 0 Å². The fraction of sp³-hybridized carbons (Fsp3) is 0.375. The van der Waals surface area contributed by atoms with Gasteiger partial charge in [0.05, 0.1) is 12.6 Å². The highest BCUT2D eigenvalue weighted by Crippen LogP contribution is 2.28. The first kappa shape index (κ1) is 16.5. The van der Waals surface area contributed by atoms with Crippen LogP contribution < -0.4 is 10.2 Å². The largest absolute Gasteiger partial charge is 0.481 e. The molecule has 0 radical (unpaired) electrons. The van der Waals surface area contributed by atoms with E-state index in [0.29, 0.717) is 5.17 Å². The van der Waals surface area contributed by atoms with Crippen molar-refractivity contribution in [1.82, 2.24) is 5.32 Å². The number of carbonyl (C=O) groups is 2. The summed E-state index contributed by atoms with van der Waals surface area (Å²) in [7, 11) is 0. The fourth-order valence-corrected chi connectivity index (χ4v) is 3.71. The minimum Gasteiger partial charge on any atom is -0.481 e. The lowest BCUT2D eigenvalue weighted by atomic mass is 10.1. The van der Waals surface area contributed by atoms with Crippen LogP contribution in [-0.4, -0.2) is 46.7 Å². The van der Waals surface area contributed by atoms with Gasteiger partial charge in [-0.1, -0.05) is 17.8 Å². The summed E-state index contributed by atoms with van der Waals surface area (Å²) in [5.41, 5.74) is 3.53. The second-order valence-electron chi connectivity index (χ2n) is 5.56. The summed E-state index contributed by atoms with van der Waals surface area (Å²) in [4.78, 5) is 24.6. The molecule has 126 valence electrons. The van der Waals surface area contributed by atoms with Gasteiger partial charge in [0.2, 0.25) is 5.91 Å². The molecule has 1 aromatic rings. The van der Waals surface area contributed by atoms with E-state index in [1.165, 1.54) is 11.3 Å². The maximum absolute atomic E-state index is 11.6. The smallest absolute Gasteiger partial charge is 0.305 e. The number of amidine groups is 1. The van der Waals surface area contributed by atoms with Crippen molar-refractivity contribution in [3.05, 3.63) is 29.3 Å². The molecule has 1 unspecified atom stereocenters. The molecule has 8 heteroatoms. The highest BCUT2D eigenvalue weighted by atomic mass is 32.2. The topological polar surface area (TPSA) is 94.4 Å². The van der Waals surface area contributed by atoms with Gasteiger partial charge in [-0.05, 0) is 36.6 Å². The molecule has 1 saturated heterocycles. The average molecular weight is 346 g/mol. The van der Waals surface area contributed by atoms with Crippen molar-refractivity contribution in [1.29, 1.82) is 0 Å². The second kappa shape index (κ2) is 7.04. The summed E-state index contributed by atoms with van der Waals surface area (Å²) in [6.07, 6.45) is 2.44. The molecule has 0 aromatic heterocycles. The molecular weight excluding hydrogens is 328 g/mol. The number of likely N-dealkylation sites (N-methyl/N-ethyl adjacent to an activating group) is 1. The Morgan fingerprint density at radius 1 is 1.54 bits per heavy atom. The summed E-state index contributed by atoms with van der Waals surface area (Å²) < 4.78 is 0. The SMILES string of the molecule is CCN1CCc2cc(C=NN=C3NC(=O)C(CC(=O)O)S3)ccc21. The van der Waals surface area contributed by atoms with Crippen LogP contribution in [0.15, 0.2) is 28.4 Å². The highest BCUT2D eigenvalue weighted by molar-refractivity contribution is 8.15. The van der Waals surface area contributed by atoms with Gasteiger partial charge in [-0.15, -0.1) is 5.10 Å². The molecule has 7 nitrogen and oxygen atoms in total. The quantitative estimate of drug-likeness (QED) is 0.622. The molecule has 24 heavy (non-hydrogen) atoms. The molecule has 1 fully saturated rings. The van der Waals surface area contributed by atoms with E-state index in [0.717, 1.165) is 36.8 Å². The van der Waals surface area contributed by atoms with Gasteiger partial charge in [-0.3, -0.25) is 9.59 Å².